The molecule has 0 aliphatic rings. The van der Waals surface area contributed by atoms with Crippen LogP contribution >= 0.6 is 0 Å². The molecule has 0 spiro atoms. The van der Waals surface area contributed by atoms with Crippen LogP contribution < -0.4 is 4.74 Å². The molecule has 0 saturated heterocycles. The van der Waals surface area contributed by atoms with Gasteiger partial charge in [0, 0.05) is 0 Å². The molecular formula is C13H16O10. The molecule has 23 heavy (non-hydrogen) atoms. The molecule has 0 bridgehead atoms. The number of hydrogen-bond donors (Lipinski definition) is 7. The molecule has 10 heteroatoms. The molecule has 1 aromatic carbocycles. The number of aromatic hydroxyl groups is 1. The first-order valence-corrected chi connectivity index (χ1v) is 6.30. The van der Waals surface area contributed by atoms with E-state index < -0.39 is 54.3 Å². The normalized spacial score (nSPS) is 16.2. The fourth-order valence-corrected chi connectivity index (χ4v) is 1.59. The Bertz CT molecular complexity index is 572. The molecule has 0 heterocycles. The predicted molar refractivity (Wildman–Crippen MR) is 71.8 cm³/mol. The van der Waals surface area contributed by atoms with Gasteiger partial charge >= 0.3 is 11.9 Å². The smallest absolute Gasteiger partial charge is 0.343 e. The van der Waals surface area contributed by atoms with Crippen LogP contribution in [-0.2, 0) is 4.79 Å². The lowest BCUT2D eigenvalue weighted by atomic mass is 10.0. The summed E-state index contributed by atoms with van der Waals surface area (Å²) in [6.45, 7) is -0.917. The van der Waals surface area contributed by atoms with E-state index in [-0.39, 0.29) is 5.75 Å². The zero-order valence-corrected chi connectivity index (χ0v) is 11.6. The number of carbonyl (C=O) groups excluding carboxylic acids is 1. The Hall–Kier alpha value is -2.24. The van der Waals surface area contributed by atoms with E-state index >= 15 is 0 Å². The Morgan fingerprint density at radius 1 is 1.09 bits per heavy atom. The maximum absolute atomic E-state index is 11.6. The van der Waals surface area contributed by atoms with Gasteiger partial charge in [0.15, 0.2) is 6.10 Å². The van der Waals surface area contributed by atoms with Gasteiger partial charge in [0.05, 0.1) is 6.61 Å². The van der Waals surface area contributed by atoms with E-state index in [9.17, 15) is 30.0 Å². The summed E-state index contributed by atoms with van der Waals surface area (Å²) in [5.74, 6) is -3.83. The minimum absolute atomic E-state index is 0.339. The highest BCUT2D eigenvalue weighted by atomic mass is 16.6. The van der Waals surface area contributed by atoms with Crippen molar-refractivity contribution in [3.05, 3.63) is 23.8 Å². The van der Waals surface area contributed by atoms with Gasteiger partial charge in [-0.25, -0.2) is 9.59 Å². The van der Waals surface area contributed by atoms with E-state index in [1.165, 1.54) is 0 Å². The van der Waals surface area contributed by atoms with Crippen molar-refractivity contribution in [2.75, 3.05) is 6.61 Å². The molecule has 0 amide bonds. The number of carboxylic acid groups (broad SMARTS) is 1. The van der Waals surface area contributed by atoms with Crippen LogP contribution in [0.3, 0.4) is 0 Å². The van der Waals surface area contributed by atoms with Crippen molar-refractivity contribution in [2.45, 2.75) is 24.4 Å². The number of phenols is 1. The molecular weight excluding hydrogens is 316 g/mol. The second kappa shape index (κ2) is 7.85. The molecule has 4 atom stereocenters. The monoisotopic (exact) mass is 332 g/mol. The van der Waals surface area contributed by atoms with Crippen molar-refractivity contribution < 1.29 is 50.1 Å². The van der Waals surface area contributed by atoms with Crippen LogP contribution in [-0.4, -0.2) is 78.7 Å². The second-order valence-corrected chi connectivity index (χ2v) is 4.58. The van der Waals surface area contributed by atoms with Crippen LogP contribution in [0.4, 0.5) is 0 Å². The Kier molecular flexibility index (Phi) is 6.42. The molecule has 0 aliphatic heterocycles. The van der Waals surface area contributed by atoms with Crippen molar-refractivity contribution >= 4 is 11.9 Å². The summed E-state index contributed by atoms with van der Waals surface area (Å²) in [5.41, 5.74) is -0.555. The highest BCUT2D eigenvalue weighted by Crippen LogP contribution is 2.23. The summed E-state index contributed by atoms with van der Waals surface area (Å²) in [5, 5.41) is 64.3. The minimum Gasteiger partial charge on any atom is -0.507 e. The van der Waals surface area contributed by atoms with E-state index in [1.54, 1.807) is 0 Å². The van der Waals surface area contributed by atoms with E-state index in [0.29, 0.717) is 0 Å². The average molecular weight is 332 g/mol. The zero-order valence-electron chi connectivity index (χ0n) is 11.6. The van der Waals surface area contributed by atoms with Crippen LogP contribution in [0, 0.1) is 0 Å². The van der Waals surface area contributed by atoms with Crippen molar-refractivity contribution in [2.24, 2.45) is 0 Å². The van der Waals surface area contributed by atoms with Gasteiger partial charge in [-0.15, -0.1) is 0 Å². The third-order valence-electron chi connectivity index (χ3n) is 2.91. The molecule has 0 saturated carbocycles. The number of aliphatic hydroxyl groups is 5. The van der Waals surface area contributed by atoms with Crippen LogP contribution in [0.15, 0.2) is 18.2 Å². The number of rotatable bonds is 7. The lowest BCUT2D eigenvalue weighted by Gasteiger charge is -2.24. The lowest BCUT2D eigenvalue weighted by Crippen LogP contribution is -2.49. The van der Waals surface area contributed by atoms with E-state index in [1.807, 2.05) is 0 Å². The first kappa shape index (κ1) is 18.8. The number of aliphatic hydroxyl groups excluding tert-OH is 5. The van der Waals surface area contributed by atoms with Gasteiger partial charge in [-0.2, -0.15) is 0 Å². The van der Waals surface area contributed by atoms with Gasteiger partial charge in [-0.05, 0) is 18.2 Å². The summed E-state index contributed by atoms with van der Waals surface area (Å²) >= 11 is 0. The van der Waals surface area contributed by atoms with Crippen LogP contribution in [0.1, 0.15) is 10.4 Å². The third-order valence-corrected chi connectivity index (χ3v) is 2.91. The maximum atomic E-state index is 11.6. The van der Waals surface area contributed by atoms with E-state index in [0.717, 1.165) is 18.2 Å². The summed E-state index contributed by atoms with van der Waals surface area (Å²) < 4.78 is 4.63. The van der Waals surface area contributed by atoms with E-state index in [4.69, 9.17) is 15.3 Å². The summed E-state index contributed by atoms with van der Waals surface area (Å²) in [6.07, 6.45) is -8.23. The van der Waals surface area contributed by atoms with Gasteiger partial charge < -0.3 is 40.5 Å². The van der Waals surface area contributed by atoms with Crippen LogP contribution in [0.5, 0.6) is 11.5 Å². The Labute approximate surface area is 129 Å². The fraction of sp³-hybridized carbons (Fsp3) is 0.385. The highest BCUT2D eigenvalue weighted by molar-refractivity contribution is 5.91. The number of carbonyl (C=O) groups is 2. The SMILES string of the molecule is O=C(O)c1cc(OC(=O)[C@H](O)[C@@H](O)[C@H](O)[C@H](O)CO)ccc1O. The summed E-state index contributed by atoms with van der Waals surface area (Å²) in [6, 6.07) is 2.80. The van der Waals surface area contributed by atoms with Gasteiger partial charge in [0.1, 0.15) is 35.4 Å². The molecule has 0 aliphatic carbocycles. The van der Waals surface area contributed by atoms with Gasteiger partial charge in [-0.3, -0.25) is 0 Å². The zero-order chi connectivity index (χ0) is 17.7. The van der Waals surface area contributed by atoms with Crippen LogP contribution in [0.25, 0.3) is 0 Å². The first-order chi connectivity index (χ1) is 10.7. The van der Waals surface area contributed by atoms with Crippen molar-refractivity contribution in [1.82, 2.24) is 0 Å². The minimum atomic E-state index is -2.27. The molecule has 1 aromatic rings. The van der Waals surface area contributed by atoms with Gasteiger partial charge in [-0.1, -0.05) is 0 Å². The van der Waals surface area contributed by atoms with Gasteiger partial charge in [0.2, 0.25) is 0 Å². The molecule has 10 nitrogen and oxygen atoms in total. The van der Waals surface area contributed by atoms with Crippen molar-refractivity contribution in [3.63, 3.8) is 0 Å². The Morgan fingerprint density at radius 2 is 1.70 bits per heavy atom. The number of hydrogen-bond acceptors (Lipinski definition) is 9. The molecule has 128 valence electrons. The summed E-state index contributed by atoms with van der Waals surface area (Å²) in [7, 11) is 0. The number of esters is 1. The number of carboxylic acids is 1. The number of ether oxygens (including phenoxy) is 1. The highest BCUT2D eigenvalue weighted by Gasteiger charge is 2.35. The molecule has 7 N–H and O–H groups in total. The molecule has 1 rings (SSSR count). The predicted octanol–water partition coefficient (Wildman–Crippen LogP) is -2.57. The Morgan fingerprint density at radius 3 is 2.22 bits per heavy atom. The molecule has 0 radical (unpaired) electrons. The van der Waals surface area contributed by atoms with Crippen molar-refractivity contribution in [1.29, 1.82) is 0 Å². The topological polar surface area (TPSA) is 185 Å². The quantitative estimate of drug-likeness (QED) is 0.207. The van der Waals surface area contributed by atoms with E-state index in [2.05, 4.69) is 4.74 Å². The largest absolute Gasteiger partial charge is 0.507 e. The second-order valence-electron chi connectivity index (χ2n) is 4.58. The molecule has 0 unspecified atom stereocenters. The van der Waals surface area contributed by atoms with Crippen molar-refractivity contribution in [3.8, 4) is 11.5 Å². The van der Waals surface area contributed by atoms with Crippen LogP contribution in [0.2, 0.25) is 0 Å². The standard InChI is InChI=1S/C13H16O10/c14-4-8(16)9(17)10(18)11(19)13(22)23-5-1-2-7(15)6(3-5)12(20)21/h1-3,8-11,14-19H,4H2,(H,20,21)/t8-,9-,10+,11-/m1/s1. The molecule has 0 aromatic heterocycles. The third kappa shape index (κ3) is 4.61. The fourth-order valence-electron chi connectivity index (χ4n) is 1.59. The first-order valence-electron chi connectivity index (χ1n) is 6.30. The van der Waals surface area contributed by atoms with Gasteiger partial charge in [0.25, 0.3) is 0 Å². The Balaban J connectivity index is 2.83. The summed E-state index contributed by atoms with van der Waals surface area (Å²) in [4.78, 5) is 22.5. The number of aromatic carboxylic acids is 1. The average Bonchev–Trinajstić information content (AvgIpc) is 2.53. The maximum Gasteiger partial charge on any atom is 0.343 e. The lowest BCUT2D eigenvalue weighted by molar-refractivity contribution is -0.161. The number of benzene rings is 1. The molecule has 0 fully saturated rings.